The topological polar surface area (TPSA) is 56.2 Å². The average molecular weight is 422 g/mol. The van der Waals surface area contributed by atoms with Crippen molar-refractivity contribution >= 4 is 57.5 Å². The number of imidazole rings is 1. The van der Waals surface area contributed by atoms with Crippen molar-refractivity contribution in [2.45, 2.75) is 32.9 Å². The second-order valence-corrected chi connectivity index (χ2v) is 8.23. The summed E-state index contributed by atoms with van der Waals surface area (Å²) in [6, 6.07) is 5.16. The maximum absolute atomic E-state index is 12.9. The van der Waals surface area contributed by atoms with E-state index in [0.29, 0.717) is 27.1 Å². The van der Waals surface area contributed by atoms with E-state index in [1.54, 1.807) is 23.5 Å². The normalized spacial score (nSPS) is 16.6. The maximum atomic E-state index is 12.9. The van der Waals surface area contributed by atoms with Gasteiger partial charge in [-0.2, -0.15) is 11.3 Å². The van der Waals surface area contributed by atoms with Crippen molar-refractivity contribution in [3.8, 4) is 0 Å². The van der Waals surface area contributed by atoms with Gasteiger partial charge in [-0.1, -0.05) is 23.2 Å². The van der Waals surface area contributed by atoms with Gasteiger partial charge in [0.05, 0.1) is 38.8 Å². The molecule has 0 bridgehead atoms. The van der Waals surface area contributed by atoms with Crippen molar-refractivity contribution in [2.24, 2.45) is 0 Å². The minimum absolute atomic E-state index is 0.213. The Morgan fingerprint density at radius 2 is 2.07 bits per heavy atom. The molecule has 1 aliphatic rings. The minimum Gasteiger partial charge on any atom is -0.459 e. The molecule has 3 aromatic rings. The van der Waals surface area contributed by atoms with Crippen molar-refractivity contribution in [1.82, 2.24) is 9.55 Å². The number of carbonyl (C=O) groups excluding carboxylic acids is 1. The third kappa shape index (κ3) is 3.12. The zero-order valence-corrected chi connectivity index (χ0v) is 17.2. The lowest BCUT2D eigenvalue weighted by Gasteiger charge is -2.30. The van der Waals surface area contributed by atoms with Gasteiger partial charge in [0, 0.05) is 5.70 Å². The lowest BCUT2D eigenvalue weighted by Crippen LogP contribution is -2.29. The fourth-order valence-electron chi connectivity index (χ4n) is 3.30. The Kier molecular flexibility index (Phi) is 4.66. The van der Waals surface area contributed by atoms with Crippen molar-refractivity contribution in [1.29, 1.82) is 0 Å². The molecule has 1 unspecified atom stereocenters. The molecular weight excluding hydrogens is 405 g/mol. The number of anilines is 1. The Morgan fingerprint density at radius 1 is 1.33 bits per heavy atom. The molecule has 0 saturated heterocycles. The first-order chi connectivity index (χ1) is 12.9. The van der Waals surface area contributed by atoms with Crippen LogP contribution in [0.4, 0.5) is 5.95 Å². The number of fused-ring (bicyclic) bond motifs is 3. The molecule has 0 amide bonds. The molecule has 0 spiro atoms. The van der Waals surface area contributed by atoms with E-state index in [9.17, 15) is 4.79 Å². The summed E-state index contributed by atoms with van der Waals surface area (Å²) in [7, 11) is 0. The van der Waals surface area contributed by atoms with Gasteiger partial charge in [0.2, 0.25) is 5.95 Å². The second-order valence-electron chi connectivity index (χ2n) is 6.64. The van der Waals surface area contributed by atoms with E-state index in [1.165, 1.54) is 0 Å². The highest BCUT2D eigenvalue weighted by atomic mass is 35.5. The highest BCUT2D eigenvalue weighted by Crippen LogP contribution is 2.41. The van der Waals surface area contributed by atoms with E-state index in [-0.39, 0.29) is 18.1 Å². The molecule has 140 valence electrons. The number of benzene rings is 1. The van der Waals surface area contributed by atoms with E-state index in [4.69, 9.17) is 27.9 Å². The molecule has 8 heteroatoms. The summed E-state index contributed by atoms with van der Waals surface area (Å²) >= 11 is 14.0. The second kappa shape index (κ2) is 6.86. The molecule has 1 atom stereocenters. The summed E-state index contributed by atoms with van der Waals surface area (Å²) in [5, 5.41) is 8.12. The Bertz CT molecular complexity index is 1070. The minimum atomic E-state index is -0.360. The van der Waals surface area contributed by atoms with Gasteiger partial charge >= 0.3 is 5.97 Å². The predicted octanol–water partition coefficient (Wildman–Crippen LogP) is 5.65. The fourth-order valence-corrected chi connectivity index (χ4v) is 4.29. The summed E-state index contributed by atoms with van der Waals surface area (Å²) in [6.45, 7) is 5.53. The molecule has 0 fully saturated rings. The van der Waals surface area contributed by atoms with Gasteiger partial charge in [0.15, 0.2) is 0 Å². The van der Waals surface area contributed by atoms with Gasteiger partial charge in [-0.15, -0.1) is 0 Å². The highest BCUT2D eigenvalue weighted by Gasteiger charge is 2.35. The smallest absolute Gasteiger partial charge is 0.338 e. The summed E-state index contributed by atoms with van der Waals surface area (Å²) < 4.78 is 7.50. The monoisotopic (exact) mass is 421 g/mol. The Labute approximate surface area is 170 Å². The van der Waals surface area contributed by atoms with Crippen molar-refractivity contribution in [3.05, 3.63) is 55.8 Å². The Hall–Kier alpha value is -2.02. The first-order valence-corrected chi connectivity index (χ1v) is 10.1. The number of thiophene rings is 1. The summed E-state index contributed by atoms with van der Waals surface area (Å²) in [6.07, 6.45) is -0.213. The van der Waals surface area contributed by atoms with Crippen LogP contribution >= 0.6 is 34.5 Å². The Balaban J connectivity index is 1.96. The van der Waals surface area contributed by atoms with Gasteiger partial charge < -0.3 is 10.1 Å². The average Bonchev–Trinajstić information content (AvgIpc) is 3.21. The van der Waals surface area contributed by atoms with E-state index in [2.05, 4.69) is 10.3 Å². The summed E-state index contributed by atoms with van der Waals surface area (Å²) in [4.78, 5) is 17.6. The van der Waals surface area contributed by atoms with Crippen LogP contribution in [-0.2, 0) is 9.53 Å². The molecule has 2 aromatic heterocycles. The zero-order chi connectivity index (χ0) is 19.3. The largest absolute Gasteiger partial charge is 0.459 e. The Morgan fingerprint density at radius 3 is 2.74 bits per heavy atom. The van der Waals surface area contributed by atoms with Crippen LogP contribution in [0.1, 0.15) is 32.4 Å². The third-order valence-electron chi connectivity index (χ3n) is 4.39. The fraction of sp³-hybridized carbons (Fsp3) is 0.263. The summed E-state index contributed by atoms with van der Waals surface area (Å²) in [5.74, 6) is 0.289. The number of nitrogens with zero attached hydrogens (tertiary/aromatic N) is 2. The van der Waals surface area contributed by atoms with E-state index in [1.807, 2.05) is 42.2 Å². The quantitative estimate of drug-likeness (QED) is 0.555. The van der Waals surface area contributed by atoms with Crippen molar-refractivity contribution in [2.75, 3.05) is 5.32 Å². The molecule has 5 nitrogen and oxygen atoms in total. The van der Waals surface area contributed by atoms with E-state index < -0.39 is 0 Å². The number of ether oxygens (including phenoxy) is 1. The van der Waals surface area contributed by atoms with Gasteiger partial charge in [-0.05, 0) is 55.3 Å². The van der Waals surface area contributed by atoms with Crippen molar-refractivity contribution in [3.63, 3.8) is 0 Å². The zero-order valence-electron chi connectivity index (χ0n) is 14.9. The lowest BCUT2D eigenvalue weighted by atomic mass is 9.97. The van der Waals surface area contributed by atoms with Crippen LogP contribution in [0.2, 0.25) is 10.0 Å². The number of aromatic nitrogens is 2. The number of esters is 1. The number of nitrogens with one attached hydrogen (secondary N) is 1. The van der Waals surface area contributed by atoms with Crippen LogP contribution < -0.4 is 5.32 Å². The molecule has 1 aliphatic heterocycles. The number of allylic oxidation sites excluding steroid dienone is 1. The van der Waals surface area contributed by atoms with Crippen LogP contribution in [0.5, 0.6) is 0 Å². The predicted molar refractivity (Wildman–Crippen MR) is 110 cm³/mol. The number of hydrogen-bond acceptors (Lipinski definition) is 5. The molecule has 27 heavy (non-hydrogen) atoms. The number of rotatable bonds is 3. The third-order valence-corrected chi connectivity index (χ3v) is 5.81. The van der Waals surface area contributed by atoms with Crippen LogP contribution in [0, 0.1) is 0 Å². The number of halogens is 2. The van der Waals surface area contributed by atoms with E-state index in [0.717, 1.165) is 16.8 Å². The molecule has 3 heterocycles. The lowest BCUT2D eigenvalue weighted by molar-refractivity contribution is -0.143. The molecule has 0 aliphatic carbocycles. The van der Waals surface area contributed by atoms with Crippen LogP contribution in [-0.4, -0.2) is 21.6 Å². The van der Waals surface area contributed by atoms with Crippen LogP contribution in [0.15, 0.2) is 40.2 Å². The van der Waals surface area contributed by atoms with E-state index >= 15 is 0 Å². The van der Waals surface area contributed by atoms with Gasteiger partial charge in [0.1, 0.15) is 0 Å². The standard InChI is InChI=1S/C19H17Cl2N3O2S/c1-9(2)26-18(25)16-10(3)22-19-23-14-6-12(20)13(21)7-15(14)24(19)17(16)11-4-5-27-8-11/h4-9,17H,1-3H3,(H,22,23). The molecule has 1 N–H and O–H groups in total. The molecule has 1 aromatic carbocycles. The highest BCUT2D eigenvalue weighted by molar-refractivity contribution is 7.08. The van der Waals surface area contributed by atoms with Gasteiger partial charge in [-0.25, -0.2) is 9.78 Å². The molecule has 4 rings (SSSR count). The molecule has 0 saturated carbocycles. The molecule has 0 radical (unpaired) electrons. The maximum Gasteiger partial charge on any atom is 0.338 e. The molecular formula is C19H17Cl2N3O2S. The van der Waals surface area contributed by atoms with Gasteiger partial charge in [0.25, 0.3) is 0 Å². The first kappa shape index (κ1) is 18.3. The van der Waals surface area contributed by atoms with Gasteiger partial charge in [-0.3, -0.25) is 4.57 Å². The summed E-state index contributed by atoms with van der Waals surface area (Å²) in [5.41, 5.74) is 3.77. The first-order valence-electron chi connectivity index (χ1n) is 8.44. The van der Waals surface area contributed by atoms with Crippen LogP contribution in [0.3, 0.4) is 0 Å². The number of carbonyl (C=O) groups is 1. The van der Waals surface area contributed by atoms with Crippen LogP contribution in [0.25, 0.3) is 11.0 Å². The number of hydrogen-bond donors (Lipinski definition) is 1. The SMILES string of the molecule is CC1=C(C(=O)OC(C)C)C(c2ccsc2)n2c(nc3cc(Cl)c(Cl)cc32)N1. The van der Waals surface area contributed by atoms with Crippen molar-refractivity contribution < 1.29 is 9.53 Å².